The average Bonchev–Trinajstić information content (AvgIpc) is 2.59. The second-order valence-electron chi connectivity index (χ2n) is 7.60. The molecule has 26 heavy (non-hydrogen) atoms. The minimum atomic E-state index is -0.682. The van der Waals surface area contributed by atoms with E-state index in [0.29, 0.717) is 37.7 Å². The van der Waals surface area contributed by atoms with Gasteiger partial charge >= 0.3 is 6.09 Å². The Balaban J connectivity index is 1.58. The molecular weight excluding hydrogens is 336 g/mol. The first kappa shape index (κ1) is 18.4. The summed E-state index contributed by atoms with van der Waals surface area (Å²) < 4.78 is 17.1. The van der Waals surface area contributed by atoms with Gasteiger partial charge in [0.05, 0.1) is 0 Å². The number of hydrogen-bond donors (Lipinski definition) is 0. The Morgan fingerprint density at radius 2 is 1.54 bits per heavy atom. The monoisotopic (exact) mass is 362 g/mol. The van der Waals surface area contributed by atoms with Crippen molar-refractivity contribution in [2.24, 2.45) is 0 Å². The van der Waals surface area contributed by atoms with Crippen LogP contribution in [0.1, 0.15) is 27.7 Å². The van der Waals surface area contributed by atoms with Gasteiger partial charge in [-0.15, -0.1) is 0 Å². The Labute approximate surface area is 153 Å². The van der Waals surface area contributed by atoms with Crippen LogP contribution in [-0.2, 0) is 9.53 Å². The van der Waals surface area contributed by atoms with Crippen molar-refractivity contribution in [1.82, 2.24) is 9.80 Å². The van der Waals surface area contributed by atoms with E-state index in [4.69, 9.17) is 14.2 Å². The van der Waals surface area contributed by atoms with Gasteiger partial charge in [-0.2, -0.15) is 0 Å². The second-order valence-corrected chi connectivity index (χ2v) is 7.60. The van der Waals surface area contributed by atoms with Gasteiger partial charge in [-0.1, -0.05) is 12.1 Å². The van der Waals surface area contributed by atoms with E-state index in [1.165, 1.54) is 0 Å². The summed E-state index contributed by atoms with van der Waals surface area (Å²) >= 11 is 0. The van der Waals surface area contributed by atoms with E-state index < -0.39 is 11.7 Å². The van der Waals surface area contributed by atoms with Gasteiger partial charge < -0.3 is 24.0 Å². The van der Waals surface area contributed by atoms with Gasteiger partial charge in [-0.25, -0.2) is 4.79 Å². The molecule has 0 aromatic heterocycles. The van der Waals surface area contributed by atoms with Crippen LogP contribution in [0.5, 0.6) is 11.5 Å². The Morgan fingerprint density at radius 1 is 1.00 bits per heavy atom. The molecule has 2 heterocycles. The van der Waals surface area contributed by atoms with Crippen molar-refractivity contribution in [3.63, 3.8) is 0 Å². The number of amides is 2. The number of para-hydroxylation sites is 2. The third-order valence-corrected chi connectivity index (χ3v) is 4.33. The van der Waals surface area contributed by atoms with Gasteiger partial charge in [0, 0.05) is 26.2 Å². The fourth-order valence-electron chi connectivity index (χ4n) is 3.01. The molecule has 7 heteroatoms. The van der Waals surface area contributed by atoms with Crippen LogP contribution in [-0.4, -0.2) is 65.8 Å². The quantitative estimate of drug-likeness (QED) is 0.767. The number of piperazine rings is 1. The summed E-state index contributed by atoms with van der Waals surface area (Å²) in [6.07, 6.45) is -1.40. The van der Waals surface area contributed by atoms with Crippen LogP contribution in [0.25, 0.3) is 0 Å². The first-order valence-electron chi connectivity index (χ1n) is 8.93. The van der Waals surface area contributed by atoms with Gasteiger partial charge in [-0.3, -0.25) is 4.79 Å². The summed E-state index contributed by atoms with van der Waals surface area (Å²) in [7, 11) is 0. The lowest BCUT2D eigenvalue weighted by Crippen LogP contribution is -2.57. The molecule has 1 aromatic carbocycles. The maximum atomic E-state index is 12.9. The maximum Gasteiger partial charge on any atom is 0.410 e. The van der Waals surface area contributed by atoms with Crippen molar-refractivity contribution in [1.29, 1.82) is 0 Å². The molecule has 0 saturated carbocycles. The summed E-state index contributed by atoms with van der Waals surface area (Å²) in [5, 5.41) is 0. The predicted octanol–water partition coefficient (Wildman–Crippen LogP) is 2.29. The maximum absolute atomic E-state index is 12.9. The lowest BCUT2D eigenvalue weighted by Gasteiger charge is -2.39. The summed E-state index contributed by atoms with van der Waals surface area (Å²) in [4.78, 5) is 28.4. The fourth-order valence-corrected chi connectivity index (χ4v) is 3.01. The summed E-state index contributed by atoms with van der Waals surface area (Å²) in [5.41, 5.74) is -0.528. The van der Waals surface area contributed by atoms with Gasteiger partial charge in [-0.05, 0) is 39.8 Å². The van der Waals surface area contributed by atoms with Crippen molar-refractivity contribution < 1.29 is 23.8 Å². The zero-order valence-corrected chi connectivity index (χ0v) is 15.7. The number of nitrogens with zero attached hydrogens (tertiary/aromatic N) is 2. The van der Waals surface area contributed by atoms with Crippen LogP contribution in [0.3, 0.4) is 0 Å². The van der Waals surface area contributed by atoms with Crippen LogP contribution < -0.4 is 9.47 Å². The molecule has 2 amide bonds. The molecule has 0 radical (unpaired) electrons. The van der Waals surface area contributed by atoms with Crippen LogP contribution in [0.15, 0.2) is 24.3 Å². The Bertz CT molecular complexity index is 677. The first-order chi connectivity index (χ1) is 12.2. The Hall–Kier alpha value is -2.44. The van der Waals surface area contributed by atoms with E-state index in [-0.39, 0.29) is 18.1 Å². The minimum Gasteiger partial charge on any atom is -0.482 e. The SMILES string of the molecule is C[C@H]1Oc2ccccc2O[C@@H]1C(=O)N1CCN(C(=O)OC(C)(C)C)CC1. The molecule has 0 bridgehead atoms. The predicted molar refractivity (Wildman–Crippen MR) is 95.3 cm³/mol. The molecule has 2 aliphatic rings. The summed E-state index contributed by atoms with van der Waals surface area (Å²) in [6.45, 7) is 9.13. The third-order valence-electron chi connectivity index (χ3n) is 4.33. The molecule has 0 spiro atoms. The third kappa shape index (κ3) is 4.03. The highest BCUT2D eigenvalue weighted by Gasteiger charge is 2.38. The number of ether oxygens (including phenoxy) is 3. The van der Waals surface area contributed by atoms with Crippen LogP contribution in [0, 0.1) is 0 Å². The molecule has 7 nitrogen and oxygen atoms in total. The summed E-state index contributed by atoms with van der Waals surface area (Å²) in [6, 6.07) is 7.33. The molecular formula is C19H26N2O5. The van der Waals surface area contributed by atoms with E-state index in [0.717, 1.165) is 0 Å². The largest absolute Gasteiger partial charge is 0.482 e. The molecule has 0 unspecified atom stereocenters. The number of fused-ring (bicyclic) bond motifs is 1. The number of rotatable bonds is 1. The van der Waals surface area contributed by atoms with Crippen molar-refractivity contribution >= 4 is 12.0 Å². The van der Waals surface area contributed by atoms with Crippen LogP contribution in [0.4, 0.5) is 4.79 Å². The Kier molecular flexibility index (Phi) is 4.98. The van der Waals surface area contributed by atoms with E-state index in [9.17, 15) is 9.59 Å². The molecule has 0 aliphatic carbocycles. The minimum absolute atomic E-state index is 0.115. The fraction of sp³-hybridized carbons (Fsp3) is 0.579. The van der Waals surface area contributed by atoms with Crippen LogP contribution in [0.2, 0.25) is 0 Å². The lowest BCUT2D eigenvalue weighted by atomic mass is 10.1. The second kappa shape index (κ2) is 7.05. The molecule has 1 fully saturated rings. The van der Waals surface area contributed by atoms with E-state index in [1.807, 2.05) is 45.9 Å². The Morgan fingerprint density at radius 3 is 2.12 bits per heavy atom. The van der Waals surface area contributed by atoms with Crippen molar-refractivity contribution in [3.05, 3.63) is 24.3 Å². The molecule has 2 aliphatic heterocycles. The van der Waals surface area contributed by atoms with E-state index in [1.54, 1.807) is 15.9 Å². The van der Waals surface area contributed by atoms with Crippen molar-refractivity contribution in [2.45, 2.75) is 45.5 Å². The summed E-state index contributed by atoms with van der Waals surface area (Å²) in [5.74, 6) is 1.12. The topological polar surface area (TPSA) is 68.3 Å². The van der Waals surface area contributed by atoms with Gasteiger partial charge in [0.2, 0.25) is 6.10 Å². The van der Waals surface area contributed by atoms with E-state index >= 15 is 0 Å². The van der Waals surface area contributed by atoms with E-state index in [2.05, 4.69) is 0 Å². The molecule has 1 saturated heterocycles. The normalized spacial score (nSPS) is 22.8. The van der Waals surface area contributed by atoms with Gasteiger partial charge in [0.15, 0.2) is 11.5 Å². The first-order valence-corrected chi connectivity index (χ1v) is 8.93. The zero-order chi connectivity index (χ0) is 18.9. The highest BCUT2D eigenvalue weighted by Crippen LogP contribution is 2.34. The van der Waals surface area contributed by atoms with Crippen molar-refractivity contribution in [2.75, 3.05) is 26.2 Å². The molecule has 2 atom stereocenters. The number of hydrogen-bond acceptors (Lipinski definition) is 5. The van der Waals surface area contributed by atoms with Gasteiger partial charge in [0.25, 0.3) is 5.91 Å². The number of benzene rings is 1. The number of carbonyl (C=O) groups excluding carboxylic acids is 2. The number of carbonyl (C=O) groups is 2. The molecule has 1 aromatic rings. The molecule has 3 rings (SSSR count). The molecule has 142 valence electrons. The zero-order valence-electron chi connectivity index (χ0n) is 15.7. The van der Waals surface area contributed by atoms with Gasteiger partial charge in [0.1, 0.15) is 11.7 Å². The van der Waals surface area contributed by atoms with Crippen molar-refractivity contribution in [3.8, 4) is 11.5 Å². The smallest absolute Gasteiger partial charge is 0.410 e. The van der Waals surface area contributed by atoms with Crippen LogP contribution >= 0.6 is 0 Å². The highest BCUT2D eigenvalue weighted by atomic mass is 16.6. The average molecular weight is 362 g/mol. The highest BCUT2D eigenvalue weighted by molar-refractivity contribution is 5.83. The lowest BCUT2D eigenvalue weighted by molar-refractivity contribution is -0.146. The standard InChI is InChI=1S/C19H26N2O5/c1-13-16(25-15-8-6-5-7-14(15)24-13)17(22)20-9-11-21(12-10-20)18(23)26-19(2,3)4/h5-8,13,16H,9-12H2,1-4H3/t13-,16+/m1/s1. The molecule has 0 N–H and O–H groups in total.